The van der Waals surface area contributed by atoms with Crippen molar-refractivity contribution in [3.63, 3.8) is 0 Å². The van der Waals surface area contributed by atoms with Gasteiger partial charge in [0.25, 0.3) is 0 Å². The molecule has 0 radical (unpaired) electrons. The third-order valence-corrected chi connectivity index (χ3v) is 3.15. The summed E-state index contributed by atoms with van der Waals surface area (Å²) in [5, 5.41) is 0. The number of nitrogens with zero attached hydrogens (tertiary/aromatic N) is 2. The third kappa shape index (κ3) is 2.15. The zero-order chi connectivity index (χ0) is 11.5. The van der Waals surface area contributed by atoms with E-state index in [2.05, 4.69) is 9.80 Å². The lowest BCUT2D eigenvalue weighted by Gasteiger charge is -2.38. The normalized spacial score (nSPS) is 19.9. The van der Waals surface area contributed by atoms with Crippen LogP contribution in [0.1, 0.15) is 16.8 Å². The minimum atomic E-state index is -0.101. The van der Waals surface area contributed by atoms with Crippen molar-refractivity contribution in [2.45, 2.75) is 12.6 Å². The van der Waals surface area contributed by atoms with Gasteiger partial charge in [-0.1, -0.05) is 30.3 Å². The molecule has 0 N–H and O–H groups in total. The zero-order valence-corrected chi connectivity index (χ0v) is 9.89. The van der Waals surface area contributed by atoms with Crippen molar-refractivity contribution < 1.29 is 4.79 Å². The number of carbonyl (C=O) groups is 1. The highest BCUT2D eigenvalue weighted by Crippen LogP contribution is 2.15. The third-order valence-electron chi connectivity index (χ3n) is 3.15. The minimum absolute atomic E-state index is 0.101. The lowest BCUT2D eigenvalue weighted by molar-refractivity contribution is 0.0351. The lowest BCUT2D eigenvalue weighted by Crippen LogP contribution is -2.54. The SMILES string of the molecule is CN1CCCN(C)C1C(=O)c1ccccc1. The van der Waals surface area contributed by atoms with E-state index >= 15 is 0 Å². The molecule has 2 rings (SSSR count). The van der Waals surface area contributed by atoms with Crippen molar-refractivity contribution in [3.05, 3.63) is 35.9 Å². The van der Waals surface area contributed by atoms with Crippen LogP contribution in [0.4, 0.5) is 0 Å². The van der Waals surface area contributed by atoms with Crippen molar-refractivity contribution in [1.29, 1.82) is 0 Å². The van der Waals surface area contributed by atoms with E-state index in [-0.39, 0.29) is 11.9 Å². The van der Waals surface area contributed by atoms with Crippen molar-refractivity contribution >= 4 is 5.78 Å². The Morgan fingerprint density at radius 1 is 1.12 bits per heavy atom. The number of carbonyl (C=O) groups excluding carboxylic acids is 1. The summed E-state index contributed by atoms with van der Waals surface area (Å²) in [6, 6.07) is 9.54. The summed E-state index contributed by atoms with van der Waals surface area (Å²) in [4.78, 5) is 16.6. The number of hydrogen-bond donors (Lipinski definition) is 0. The van der Waals surface area contributed by atoms with Crippen LogP contribution in [0.15, 0.2) is 30.3 Å². The van der Waals surface area contributed by atoms with Crippen LogP contribution in [-0.4, -0.2) is 48.9 Å². The largest absolute Gasteiger partial charge is 0.291 e. The van der Waals surface area contributed by atoms with Crippen LogP contribution in [-0.2, 0) is 0 Å². The van der Waals surface area contributed by atoms with Crippen LogP contribution in [0.3, 0.4) is 0 Å². The second-order valence-electron chi connectivity index (χ2n) is 4.42. The van der Waals surface area contributed by atoms with Gasteiger partial charge in [0.2, 0.25) is 0 Å². The van der Waals surface area contributed by atoms with Gasteiger partial charge in [-0.15, -0.1) is 0 Å². The summed E-state index contributed by atoms with van der Waals surface area (Å²) in [6.45, 7) is 1.99. The van der Waals surface area contributed by atoms with Crippen molar-refractivity contribution in [2.24, 2.45) is 0 Å². The van der Waals surface area contributed by atoms with Crippen LogP contribution >= 0.6 is 0 Å². The maximum absolute atomic E-state index is 12.3. The topological polar surface area (TPSA) is 23.6 Å². The van der Waals surface area contributed by atoms with E-state index in [4.69, 9.17) is 0 Å². The molecular weight excluding hydrogens is 200 g/mol. The van der Waals surface area contributed by atoms with Crippen LogP contribution in [0.25, 0.3) is 0 Å². The van der Waals surface area contributed by atoms with E-state index in [0.29, 0.717) is 0 Å². The number of Topliss-reactive ketones (excluding diaryl/α,β-unsaturated/α-hetero) is 1. The van der Waals surface area contributed by atoms with Crippen molar-refractivity contribution in [3.8, 4) is 0 Å². The Hall–Kier alpha value is -1.19. The predicted molar refractivity (Wildman–Crippen MR) is 64.4 cm³/mol. The molecule has 0 aromatic heterocycles. The van der Waals surface area contributed by atoms with Gasteiger partial charge in [0.05, 0.1) is 0 Å². The average molecular weight is 218 g/mol. The Morgan fingerprint density at radius 3 is 2.25 bits per heavy atom. The minimum Gasteiger partial charge on any atom is -0.291 e. The van der Waals surface area contributed by atoms with Crippen molar-refractivity contribution in [1.82, 2.24) is 9.80 Å². The number of benzene rings is 1. The molecular formula is C13H18N2O. The Balaban J connectivity index is 2.20. The molecule has 3 nitrogen and oxygen atoms in total. The molecule has 1 heterocycles. The Labute approximate surface area is 96.7 Å². The van der Waals surface area contributed by atoms with Gasteiger partial charge in [-0.05, 0) is 20.5 Å². The number of likely N-dealkylation sites (N-methyl/N-ethyl adjacent to an activating group) is 2. The van der Waals surface area contributed by atoms with Crippen LogP contribution in [0, 0.1) is 0 Å². The number of hydrogen-bond acceptors (Lipinski definition) is 3. The molecule has 1 aliphatic rings. The van der Waals surface area contributed by atoms with E-state index < -0.39 is 0 Å². The molecule has 0 aliphatic carbocycles. The maximum Gasteiger partial charge on any atom is 0.194 e. The number of rotatable bonds is 2. The molecule has 0 saturated carbocycles. The molecule has 86 valence electrons. The van der Waals surface area contributed by atoms with Gasteiger partial charge < -0.3 is 0 Å². The average Bonchev–Trinajstić information content (AvgIpc) is 2.30. The fraction of sp³-hybridized carbons (Fsp3) is 0.462. The molecule has 1 aliphatic heterocycles. The van der Waals surface area contributed by atoms with Gasteiger partial charge in [-0.25, -0.2) is 0 Å². The molecule has 1 saturated heterocycles. The summed E-state index contributed by atoms with van der Waals surface area (Å²) in [7, 11) is 4.03. The second kappa shape index (κ2) is 4.76. The van der Waals surface area contributed by atoms with Gasteiger partial charge >= 0.3 is 0 Å². The van der Waals surface area contributed by atoms with Crippen molar-refractivity contribution in [2.75, 3.05) is 27.2 Å². The quantitative estimate of drug-likeness (QED) is 0.702. The second-order valence-corrected chi connectivity index (χ2v) is 4.42. The molecule has 1 fully saturated rings. The summed E-state index contributed by atoms with van der Waals surface area (Å²) in [5.74, 6) is 0.199. The lowest BCUT2D eigenvalue weighted by atomic mass is 10.1. The summed E-state index contributed by atoms with van der Waals surface area (Å²) in [6.07, 6.45) is 1.03. The smallest absolute Gasteiger partial charge is 0.194 e. The summed E-state index contributed by atoms with van der Waals surface area (Å²) < 4.78 is 0. The van der Waals surface area contributed by atoms with E-state index in [1.807, 2.05) is 44.4 Å². The van der Waals surface area contributed by atoms with E-state index in [1.54, 1.807) is 0 Å². The van der Waals surface area contributed by atoms with E-state index in [1.165, 1.54) is 0 Å². The monoisotopic (exact) mass is 218 g/mol. The first-order valence-corrected chi connectivity index (χ1v) is 5.70. The van der Waals surface area contributed by atoms with Gasteiger partial charge in [0, 0.05) is 18.7 Å². The first-order valence-electron chi connectivity index (χ1n) is 5.70. The maximum atomic E-state index is 12.3. The summed E-state index contributed by atoms with van der Waals surface area (Å²) in [5.41, 5.74) is 0.799. The van der Waals surface area contributed by atoms with Gasteiger partial charge in [-0.2, -0.15) is 0 Å². The Morgan fingerprint density at radius 2 is 1.69 bits per heavy atom. The fourth-order valence-electron chi connectivity index (χ4n) is 2.30. The van der Waals surface area contributed by atoms with Crippen LogP contribution < -0.4 is 0 Å². The van der Waals surface area contributed by atoms with E-state index in [0.717, 1.165) is 25.1 Å². The van der Waals surface area contributed by atoms with Gasteiger partial charge in [0.15, 0.2) is 5.78 Å². The molecule has 0 spiro atoms. The summed E-state index contributed by atoms with van der Waals surface area (Å²) >= 11 is 0. The molecule has 0 unspecified atom stereocenters. The molecule has 16 heavy (non-hydrogen) atoms. The zero-order valence-electron chi connectivity index (χ0n) is 9.89. The molecule has 0 bridgehead atoms. The van der Waals surface area contributed by atoms with Crippen LogP contribution in [0.5, 0.6) is 0 Å². The number of ketones is 1. The molecule has 0 amide bonds. The standard InChI is InChI=1S/C13H18N2O/c1-14-9-6-10-15(2)13(14)12(16)11-7-4-3-5-8-11/h3-5,7-8,13H,6,9-10H2,1-2H3. The fourth-order valence-corrected chi connectivity index (χ4v) is 2.30. The molecule has 1 aromatic carbocycles. The highest BCUT2D eigenvalue weighted by Gasteiger charge is 2.30. The van der Waals surface area contributed by atoms with Crippen LogP contribution in [0.2, 0.25) is 0 Å². The predicted octanol–water partition coefficient (Wildman–Crippen LogP) is 1.46. The Kier molecular flexibility index (Phi) is 3.36. The first kappa shape index (κ1) is 11.3. The van der Waals surface area contributed by atoms with Gasteiger partial charge in [0.1, 0.15) is 6.17 Å². The van der Waals surface area contributed by atoms with E-state index in [9.17, 15) is 4.79 Å². The highest BCUT2D eigenvalue weighted by molar-refractivity contribution is 5.99. The highest BCUT2D eigenvalue weighted by atomic mass is 16.1. The first-order chi connectivity index (χ1) is 7.70. The molecule has 3 heteroatoms. The Bertz CT molecular complexity index is 353. The van der Waals surface area contributed by atoms with Gasteiger partial charge in [-0.3, -0.25) is 14.6 Å². The molecule has 0 atom stereocenters. The molecule has 1 aromatic rings.